The van der Waals surface area contributed by atoms with Crippen LogP contribution in [0.4, 0.5) is 0 Å². The van der Waals surface area contributed by atoms with Crippen molar-refractivity contribution in [2.24, 2.45) is 0 Å². The molecule has 0 radical (unpaired) electrons. The topological polar surface area (TPSA) is 115 Å². The first-order valence-electron chi connectivity index (χ1n) is 9.03. The lowest BCUT2D eigenvalue weighted by atomic mass is 10.0. The van der Waals surface area contributed by atoms with Crippen LogP contribution in [0, 0.1) is 5.39 Å². The van der Waals surface area contributed by atoms with Crippen molar-refractivity contribution in [2.75, 3.05) is 6.54 Å². The molecule has 2 N–H and O–H groups in total. The van der Waals surface area contributed by atoms with Crippen LogP contribution in [0.2, 0.25) is 0 Å². The van der Waals surface area contributed by atoms with Crippen molar-refractivity contribution in [1.29, 1.82) is 5.39 Å². The first kappa shape index (κ1) is 19.8. The number of benzene rings is 2. The monoisotopic (exact) mass is 391 g/mol. The summed E-state index contributed by atoms with van der Waals surface area (Å²) < 4.78 is 0. The summed E-state index contributed by atoms with van der Waals surface area (Å²) in [5.74, 6) is -1.75. The minimum absolute atomic E-state index is 0.0377. The molecule has 29 heavy (non-hydrogen) atoms. The summed E-state index contributed by atoms with van der Waals surface area (Å²) in [4.78, 5) is 42.3. The Morgan fingerprint density at radius 3 is 2.24 bits per heavy atom. The van der Waals surface area contributed by atoms with Gasteiger partial charge in [-0.05, 0) is 17.7 Å². The molecule has 0 bridgehead atoms. The predicted octanol–water partition coefficient (Wildman–Crippen LogP) is 2.65. The van der Waals surface area contributed by atoms with E-state index in [0.29, 0.717) is 0 Å². The van der Waals surface area contributed by atoms with Gasteiger partial charge in [0.25, 0.3) is 11.8 Å². The van der Waals surface area contributed by atoms with Gasteiger partial charge < -0.3 is 10.4 Å². The van der Waals surface area contributed by atoms with Crippen LogP contribution in [-0.4, -0.2) is 40.3 Å². The molecule has 3 amide bonds. The average Bonchev–Trinajstić information content (AvgIpc) is 2.98. The van der Waals surface area contributed by atoms with Gasteiger partial charge >= 0.3 is 6.20 Å². The molecule has 0 unspecified atom stereocenters. The van der Waals surface area contributed by atoms with Crippen molar-refractivity contribution in [1.82, 2.24) is 10.2 Å². The average molecular weight is 391 g/mol. The second-order valence-corrected chi connectivity index (χ2v) is 6.51. The van der Waals surface area contributed by atoms with Gasteiger partial charge in [-0.3, -0.25) is 19.3 Å². The molecular formula is C21H19N4O4+. The fourth-order valence-corrected chi connectivity index (χ4v) is 3.19. The Labute approximate surface area is 167 Å². The van der Waals surface area contributed by atoms with E-state index in [1.807, 2.05) is 30.3 Å². The Morgan fingerprint density at radius 2 is 1.66 bits per heavy atom. The zero-order valence-electron chi connectivity index (χ0n) is 15.5. The first-order chi connectivity index (χ1) is 14.0. The summed E-state index contributed by atoms with van der Waals surface area (Å²) in [5.41, 5.74) is 1.34. The summed E-state index contributed by atoms with van der Waals surface area (Å²) in [5, 5.41) is 20.5. The summed E-state index contributed by atoms with van der Waals surface area (Å²) in [6.45, 7) is 0.0468. The number of aliphatic hydroxyl groups excluding tert-OH is 1. The van der Waals surface area contributed by atoms with E-state index in [0.717, 1.165) is 16.7 Å². The number of carbonyl (C=O) groups excluding carboxylic acids is 3. The van der Waals surface area contributed by atoms with Crippen LogP contribution in [0.25, 0.3) is 4.98 Å². The molecule has 1 aliphatic rings. The third kappa shape index (κ3) is 4.30. The molecule has 146 valence electrons. The predicted molar refractivity (Wildman–Crippen MR) is 104 cm³/mol. The fourth-order valence-electron chi connectivity index (χ4n) is 3.19. The highest BCUT2D eigenvalue weighted by atomic mass is 16.3. The van der Waals surface area contributed by atoms with E-state index in [2.05, 4.69) is 10.3 Å². The lowest BCUT2D eigenvalue weighted by Crippen LogP contribution is -2.51. The van der Waals surface area contributed by atoms with E-state index in [4.69, 9.17) is 5.39 Å². The van der Waals surface area contributed by atoms with Gasteiger partial charge in [0.05, 0.1) is 11.1 Å². The van der Waals surface area contributed by atoms with Crippen molar-refractivity contribution in [3.63, 3.8) is 0 Å². The lowest BCUT2D eigenvalue weighted by molar-refractivity contribution is -0.125. The number of fused-ring (bicyclic) bond motifs is 1. The van der Waals surface area contributed by atoms with Gasteiger partial charge in [-0.25, -0.2) is 0 Å². The molecule has 0 saturated carbocycles. The number of nitrogens with one attached hydrogen (secondary N) is 1. The number of rotatable bonds is 7. The summed E-state index contributed by atoms with van der Waals surface area (Å²) >= 11 is 0. The molecule has 0 aliphatic carbocycles. The number of nitrogens with zero attached hydrogens (tertiary/aromatic N) is 3. The molecular weight excluding hydrogens is 372 g/mol. The van der Waals surface area contributed by atoms with Gasteiger partial charge in [0, 0.05) is 19.4 Å². The van der Waals surface area contributed by atoms with Crippen LogP contribution >= 0.6 is 0 Å². The third-order valence-corrected chi connectivity index (χ3v) is 4.60. The van der Waals surface area contributed by atoms with Crippen LogP contribution in [0.3, 0.4) is 0 Å². The van der Waals surface area contributed by atoms with Gasteiger partial charge in [0.2, 0.25) is 11.3 Å². The van der Waals surface area contributed by atoms with Crippen LogP contribution in [0.15, 0.2) is 66.6 Å². The van der Waals surface area contributed by atoms with E-state index in [9.17, 15) is 19.5 Å². The molecule has 0 saturated heterocycles. The first-order valence-corrected chi connectivity index (χ1v) is 9.03. The number of hydrogen-bond acceptors (Lipinski definition) is 5. The van der Waals surface area contributed by atoms with Crippen molar-refractivity contribution in [2.45, 2.75) is 18.9 Å². The van der Waals surface area contributed by atoms with Crippen LogP contribution in [0.1, 0.15) is 32.7 Å². The van der Waals surface area contributed by atoms with Crippen molar-refractivity contribution in [3.8, 4) is 0 Å². The summed E-state index contributed by atoms with van der Waals surface area (Å²) in [6, 6.07) is 14.5. The maximum atomic E-state index is 12.9. The molecule has 8 heteroatoms. The van der Waals surface area contributed by atoms with E-state index in [-0.39, 0.29) is 36.3 Å². The van der Waals surface area contributed by atoms with E-state index in [1.165, 1.54) is 0 Å². The van der Waals surface area contributed by atoms with Crippen molar-refractivity contribution in [3.05, 3.63) is 88.2 Å². The SMILES string of the molecule is N#[N+]/C=C(\O)CCNC(=O)[C@@H](Cc1ccccc1)N1C(=O)c2ccccc2C1=O. The molecule has 8 nitrogen and oxygen atoms in total. The van der Waals surface area contributed by atoms with Gasteiger partial charge in [-0.2, -0.15) is 0 Å². The quantitative estimate of drug-likeness (QED) is 0.428. The highest BCUT2D eigenvalue weighted by Gasteiger charge is 2.42. The number of imide groups is 1. The van der Waals surface area contributed by atoms with Gasteiger partial charge in [-0.15, -0.1) is 0 Å². The molecule has 3 rings (SSSR count). The maximum absolute atomic E-state index is 12.9. The molecule has 0 spiro atoms. The highest BCUT2D eigenvalue weighted by Crippen LogP contribution is 2.26. The maximum Gasteiger partial charge on any atom is 0.387 e. The number of hydrogen-bond donors (Lipinski definition) is 2. The van der Waals surface area contributed by atoms with Crippen LogP contribution in [0.5, 0.6) is 0 Å². The Bertz CT molecular complexity index is 976. The minimum Gasteiger partial charge on any atom is -0.505 e. The molecule has 0 aromatic heterocycles. The van der Waals surface area contributed by atoms with E-state index < -0.39 is 23.8 Å². The Hall–Kier alpha value is -3.99. The van der Waals surface area contributed by atoms with Crippen LogP contribution in [-0.2, 0) is 11.2 Å². The number of aliphatic hydroxyl groups is 1. The standard InChI is InChI=1S/C21H18N4O4/c22-24-13-15(26)10-11-23-19(27)18(12-14-6-2-1-3-7-14)25-20(28)16-8-4-5-9-17(16)21(25)29/h1-9,13,18H,10-12H2,(H-,23,26,27)/p+1/b15-13-/t18-/m1/s1. The van der Waals surface area contributed by atoms with Crippen LogP contribution < -0.4 is 5.32 Å². The molecule has 0 fully saturated rings. The zero-order valence-corrected chi connectivity index (χ0v) is 15.5. The zero-order chi connectivity index (χ0) is 20.8. The fraction of sp³-hybridized carbons (Fsp3) is 0.190. The Balaban J connectivity index is 1.83. The van der Waals surface area contributed by atoms with E-state index >= 15 is 0 Å². The third-order valence-electron chi connectivity index (χ3n) is 4.60. The number of amides is 3. The highest BCUT2D eigenvalue weighted by molar-refractivity contribution is 6.22. The second-order valence-electron chi connectivity index (χ2n) is 6.51. The normalized spacial score (nSPS) is 14.3. The number of diazo groups is 1. The molecule has 2 aromatic carbocycles. The van der Waals surface area contributed by atoms with E-state index in [1.54, 1.807) is 24.3 Å². The Morgan fingerprint density at radius 1 is 1.07 bits per heavy atom. The summed E-state index contributed by atoms with van der Waals surface area (Å²) in [7, 11) is 0. The van der Waals surface area contributed by atoms with Gasteiger partial charge in [0.1, 0.15) is 6.04 Å². The summed E-state index contributed by atoms with van der Waals surface area (Å²) in [6.07, 6.45) is 1.06. The number of carbonyl (C=O) groups is 3. The largest absolute Gasteiger partial charge is 0.505 e. The van der Waals surface area contributed by atoms with Crippen molar-refractivity contribution >= 4 is 17.7 Å². The Kier molecular flexibility index (Phi) is 6.00. The smallest absolute Gasteiger partial charge is 0.387 e. The molecule has 2 aromatic rings. The lowest BCUT2D eigenvalue weighted by Gasteiger charge is -2.25. The van der Waals surface area contributed by atoms with Gasteiger partial charge in [0.15, 0.2) is 10.7 Å². The molecule has 1 atom stereocenters. The van der Waals surface area contributed by atoms with Gasteiger partial charge in [-0.1, -0.05) is 42.5 Å². The van der Waals surface area contributed by atoms with Crippen molar-refractivity contribution < 1.29 is 19.5 Å². The second kappa shape index (κ2) is 8.80. The molecule has 1 aliphatic heterocycles. The minimum atomic E-state index is -1.04. The molecule has 1 heterocycles.